The summed E-state index contributed by atoms with van der Waals surface area (Å²) in [5, 5.41) is 0. The van der Waals surface area contributed by atoms with E-state index in [0.717, 1.165) is 23.4 Å². The van der Waals surface area contributed by atoms with Gasteiger partial charge in [0.15, 0.2) is 12.4 Å². The highest BCUT2D eigenvalue weighted by atomic mass is 16.5. The maximum atomic E-state index is 13.4. The summed E-state index contributed by atoms with van der Waals surface area (Å²) in [4.78, 5) is 31.7. The van der Waals surface area contributed by atoms with Gasteiger partial charge in [-0.05, 0) is 54.9 Å². The smallest absolute Gasteiger partial charge is 0.289 e. The van der Waals surface area contributed by atoms with Gasteiger partial charge in [-0.3, -0.25) is 14.5 Å². The molecule has 0 spiro atoms. The molecule has 2 heterocycles. The lowest BCUT2D eigenvalue weighted by atomic mass is 9.86. The fourth-order valence-corrected chi connectivity index (χ4v) is 4.11. The third-order valence-corrected chi connectivity index (χ3v) is 6.27. The molecule has 0 unspecified atom stereocenters. The van der Waals surface area contributed by atoms with Crippen molar-refractivity contribution in [1.82, 2.24) is 9.80 Å². The van der Waals surface area contributed by atoms with Crippen molar-refractivity contribution in [2.24, 2.45) is 0 Å². The average Bonchev–Trinajstić information content (AvgIpc) is 3.31. The van der Waals surface area contributed by atoms with E-state index in [2.05, 4.69) is 20.8 Å². The number of fused-ring (bicyclic) bond motifs is 1. The van der Waals surface area contributed by atoms with E-state index >= 15 is 0 Å². The SMILES string of the molecule is CN(C)CCN(Cc1ccccc1)C(=O)c1ccc(CN2C(=O)COc3ccc(C(C)(C)C)cc32)o1. The first kappa shape index (κ1) is 25.5. The van der Waals surface area contributed by atoms with Gasteiger partial charge in [-0.25, -0.2) is 0 Å². The highest BCUT2D eigenvalue weighted by Gasteiger charge is 2.29. The molecule has 7 nitrogen and oxygen atoms in total. The van der Waals surface area contributed by atoms with Gasteiger partial charge in [0, 0.05) is 19.6 Å². The molecular weight excluding hydrogens is 454 g/mol. The first-order valence-corrected chi connectivity index (χ1v) is 12.3. The molecule has 190 valence electrons. The molecule has 1 aliphatic heterocycles. The summed E-state index contributed by atoms with van der Waals surface area (Å²) in [6.07, 6.45) is 0. The van der Waals surface area contributed by atoms with Crippen LogP contribution in [-0.4, -0.2) is 55.4 Å². The second-order valence-corrected chi connectivity index (χ2v) is 10.5. The maximum Gasteiger partial charge on any atom is 0.289 e. The lowest BCUT2D eigenvalue weighted by Gasteiger charge is -2.31. The van der Waals surface area contributed by atoms with Crippen LogP contribution in [0.5, 0.6) is 5.75 Å². The number of anilines is 1. The van der Waals surface area contributed by atoms with Crippen molar-refractivity contribution in [2.75, 3.05) is 38.7 Å². The maximum absolute atomic E-state index is 13.4. The molecule has 2 aromatic carbocycles. The van der Waals surface area contributed by atoms with Crippen molar-refractivity contribution in [2.45, 2.75) is 39.3 Å². The summed E-state index contributed by atoms with van der Waals surface area (Å²) < 4.78 is 11.7. The quantitative estimate of drug-likeness (QED) is 0.459. The van der Waals surface area contributed by atoms with E-state index in [1.807, 2.05) is 67.5 Å². The zero-order valence-corrected chi connectivity index (χ0v) is 21.8. The number of amides is 2. The van der Waals surface area contributed by atoms with E-state index in [4.69, 9.17) is 9.15 Å². The van der Waals surface area contributed by atoms with E-state index in [1.165, 1.54) is 0 Å². The molecule has 36 heavy (non-hydrogen) atoms. The Kier molecular flexibility index (Phi) is 7.50. The summed E-state index contributed by atoms with van der Waals surface area (Å²) in [6.45, 7) is 8.40. The van der Waals surface area contributed by atoms with E-state index < -0.39 is 0 Å². The molecule has 0 aliphatic carbocycles. The number of carbonyl (C=O) groups excluding carboxylic acids is 2. The second kappa shape index (κ2) is 10.6. The Bertz CT molecular complexity index is 1210. The summed E-state index contributed by atoms with van der Waals surface area (Å²) in [5.41, 5.74) is 2.82. The predicted octanol–water partition coefficient (Wildman–Crippen LogP) is 4.71. The molecule has 0 atom stereocenters. The van der Waals surface area contributed by atoms with E-state index in [-0.39, 0.29) is 36.1 Å². The lowest BCUT2D eigenvalue weighted by Crippen LogP contribution is -2.38. The second-order valence-electron chi connectivity index (χ2n) is 10.5. The molecule has 1 aliphatic rings. The Balaban J connectivity index is 1.54. The number of benzene rings is 2. The standard InChI is InChI=1S/C29H35N3O4/c1-29(2,3)22-11-13-25-24(17-22)32(27(33)20-35-25)19-23-12-14-26(36-23)28(34)31(16-15-30(4)5)18-21-9-7-6-8-10-21/h6-14,17H,15-16,18-20H2,1-5H3. The molecule has 0 saturated heterocycles. The minimum absolute atomic E-state index is 0.0241. The van der Waals surface area contributed by atoms with Gasteiger partial charge in [-0.1, -0.05) is 57.2 Å². The molecule has 0 saturated carbocycles. The van der Waals surface area contributed by atoms with Crippen LogP contribution in [0.3, 0.4) is 0 Å². The molecule has 4 rings (SSSR count). The number of carbonyl (C=O) groups is 2. The monoisotopic (exact) mass is 489 g/mol. The number of ether oxygens (including phenoxy) is 1. The van der Waals surface area contributed by atoms with Crippen LogP contribution >= 0.6 is 0 Å². The van der Waals surface area contributed by atoms with Crippen molar-refractivity contribution >= 4 is 17.5 Å². The number of hydrogen-bond acceptors (Lipinski definition) is 5. The van der Waals surface area contributed by atoms with Gasteiger partial charge in [-0.15, -0.1) is 0 Å². The molecule has 0 fully saturated rings. The number of nitrogens with zero attached hydrogens (tertiary/aromatic N) is 3. The molecular formula is C29H35N3O4. The fourth-order valence-electron chi connectivity index (χ4n) is 4.11. The van der Waals surface area contributed by atoms with Crippen molar-refractivity contribution in [3.05, 3.63) is 83.3 Å². The van der Waals surface area contributed by atoms with Crippen LogP contribution < -0.4 is 9.64 Å². The number of hydrogen-bond donors (Lipinski definition) is 0. The van der Waals surface area contributed by atoms with E-state index in [1.54, 1.807) is 21.9 Å². The van der Waals surface area contributed by atoms with E-state index in [9.17, 15) is 9.59 Å². The molecule has 1 aromatic heterocycles. The zero-order chi connectivity index (χ0) is 25.9. The third-order valence-electron chi connectivity index (χ3n) is 6.27. The van der Waals surface area contributed by atoms with Gasteiger partial charge >= 0.3 is 0 Å². The first-order chi connectivity index (χ1) is 17.1. The Labute approximate surface area is 213 Å². The van der Waals surface area contributed by atoms with Gasteiger partial charge in [0.2, 0.25) is 0 Å². The van der Waals surface area contributed by atoms with Gasteiger partial charge in [0.05, 0.1) is 12.2 Å². The third kappa shape index (κ3) is 5.97. The van der Waals surface area contributed by atoms with Crippen molar-refractivity contribution in [3.63, 3.8) is 0 Å². The van der Waals surface area contributed by atoms with Gasteiger partial charge < -0.3 is 19.0 Å². The van der Waals surface area contributed by atoms with Crippen LogP contribution in [0.4, 0.5) is 5.69 Å². The largest absolute Gasteiger partial charge is 0.482 e. The Morgan fingerprint density at radius 2 is 1.75 bits per heavy atom. The molecule has 0 radical (unpaired) electrons. The van der Waals surface area contributed by atoms with Gasteiger partial charge in [0.25, 0.3) is 11.8 Å². The van der Waals surface area contributed by atoms with E-state index in [0.29, 0.717) is 24.6 Å². The Hall–Kier alpha value is -3.58. The van der Waals surface area contributed by atoms with Crippen LogP contribution in [0.25, 0.3) is 0 Å². The van der Waals surface area contributed by atoms with Crippen LogP contribution in [-0.2, 0) is 23.3 Å². The molecule has 7 heteroatoms. The normalized spacial score (nSPS) is 13.5. The Morgan fingerprint density at radius 3 is 2.44 bits per heavy atom. The molecule has 0 bridgehead atoms. The molecule has 2 amide bonds. The van der Waals surface area contributed by atoms with Gasteiger partial charge in [-0.2, -0.15) is 0 Å². The lowest BCUT2D eigenvalue weighted by molar-refractivity contribution is -0.121. The minimum Gasteiger partial charge on any atom is -0.482 e. The number of furan rings is 1. The molecule has 0 N–H and O–H groups in total. The number of likely N-dealkylation sites (N-methyl/N-ethyl adjacent to an activating group) is 1. The van der Waals surface area contributed by atoms with Crippen LogP contribution in [0.1, 0.15) is 48.2 Å². The van der Waals surface area contributed by atoms with Crippen molar-refractivity contribution < 1.29 is 18.7 Å². The first-order valence-electron chi connectivity index (χ1n) is 12.3. The summed E-state index contributed by atoms with van der Waals surface area (Å²) in [7, 11) is 3.97. The minimum atomic E-state index is -0.171. The topological polar surface area (TPSA) is 66.2 Å². The molecule has 3 aromatic rings. The fraction of sp³-hybridized carbons (Fsp3) is 0.379. The average molecular weight is 490 g/mol. The van der Waals surface area contributed by atoms with Crippen LogP contribution in [0, 0.1) is 0 Å². The highest BCUT2D eigenvalue weighted by molar-refractivity contribution is 5.98. The van der Waals surface area contributed by atoms with Crippen molar-refractivity contribution in [3.8, 4) is 5.75 Å². The summed E-state index contributed by atoms with van der Waals surface area (Å²) >= 11 is 0. The Morgan fingerprint density at radius 1 is 1.00 bits per heavy atom. The van der Waals surface area contributed by atoms with Crippen LogP contribution in [0.2, 0.25) is 0 Å². The zero-order valence-electron chi connectivity index (χ0n) is 21.8. The van der Waals surface area contributed by atoms with Gasteiger partial charge in [0.1, 0.15) is 11.5 Å². The predicted molar refractivity (Wildman–Crippen MR) is 140 cm³/mol. The summed E-state index contributed by atoms with van der Waals surface area (Å²) in [6, 6.07) is 19.3. The number of rotatable bonds is 8. The summed E-state index contributed by atoms with van der Waals surface area (Å²) in [5.74, 6) is 1.17. The highest BCUT2D eigenvalue weighted by Crippen LogP contribution is 2.37. The van der Waals surface area contributed by atoms with Crippen molar-refractivity contribution in [1.29, 1.82) is 0 Å². The van der Waals surface area contributed by atoms with Crippen LogP contribution in [0.15, 0.2) is 65.1 Å².